The van der Waals surface area contributed by atoms with Gasteiger partial charge in [-0.15, -0.1) is 9.79 Å². The van der Waals surface area contributed by atoms with Gasteiger partial charge in [0.25, 0.3) is 0 Å². The van der Waals surface area contributed by atoms with Gasteiger partial charge in [0, 0.05) is 4.57 Å². The van der Waals surface area contributed by atoms with Crippen LogP contribution in [0.2, 0.25) is 0 Å². The lowest BCUT2D eigenvalue weighted by molar-refractivity contribution is -0.147. The summed E-state index contributed by atoms with van der Waals surface area (Å²) in [5.41, 5.74) is 2.43. The molecule has 1 unspecified atom stereocenters. The molecule has 0 saturated heterocycles. The summed E-state index contributed by atoms with van der Waals surface area (Å²) >= 11 is 3.22. The minimum Gasteiger partial charge on any atom is -0.453 e. The first-order chi connectivity index (χ1) is 19.4. The molecule has 0 aliphatic heterocycles. The second-order valence-corrected chi connectivity index (χ2v) is 10.2. The van der Waals surface area contributed by atoms with Gasteiger partial charge < -0.3 is 4.74 Å². The van der Waals surface area contributed by atoms with Crippen molar-refractivity contribution in [3.05, 3.63) is 120 Å². The van der Waals surface area contributed by atoms with E-state index in [9.17, 15) is 4.79 Å². The molecule has 0 spiro atoms. The molecule has 3 aromatic carbocycles. The molecule has 2 N–H and O–H groups in total. The van der Waals surface area contributed by atoms with Crippen LogP contribution in [0, 0.1) is 5.92 Å². The number of aromatic nitrogens is 3. The molecule has 0 radical (unpaired) electrons. The predicted octanol–water partition coefficient (Wildman–Crippen LogP) is 6.55. The zero-order valence-corrected chi connectivity index (χ0v) is 25.0. The smallest absolute Gasteiger partial charge is 0.453 e. The fraction of sp³-hybridized carbons (Fsp3) is 0.300. The summed E-state index contributed by atoms with van der Waals surface area (Å²) in [5.74, 6) is 0.610. The lowest BCUT2D eigenvalue weighted by atomic mass is 9.77. The highest BCUT2D eigenvalue weighted by molar-refractivity contribution is 9.09. The number of esters is 1. The van der Waals surface area contributed by atoms with Crippen LogP contribution in [-0.4, -0.2) is 35.9 Å². The molecule has 0 aliphatic rings. The quantitative estimate of drug-likeness (QED) is 0.0839. The second-order valence-electron chi connectivity index (χ2n) is 9.14. The number of carbonyl (C=O) groups excluding carboxylic acids is 1. The average molecular weight is 627 g/mol. The molecular weight excluding hydrogens is 593 g/mol. The first kappa shape index (κ1) is 31.3. The van der Waals surface area contributed by atoms with Crippen LogP contribution in [0.15, 0.2) is 97.3 Å². The maximum atomic E-state index is 12.3. The Morgan fingerprint density at radius 3 is 1.70 bits per heavy atom. The first-order valence-corrected chi connectivity index (χ1v) is 15.3. The normalized spacial score (nSPS) is 11.8. The molecule has 1 heterocycles. The zero-order valence-electron chi connectivity index (χ0n) is 22.5. The Bertz CT molecular complexity index is 1230. The molecule has 40 heavy (non-hydrogen) atoms. The number of benzene rings is 3. The molecule has 0 fully saturated rings. The minimum atomic E-state index is -2.87. The third-order valence-electron chi connectivity index (χ3n) is 6.80. The van der Waals surface area contributed by atoms with Crippen molar-refractivity contribution in [2.24, 2.45) is 5.92 Å². The Balaban J connectivity index is 0.00000103. The topological polar surface area (TPSA) is 115 Å². The van der Waals surface area contributed by atoms with Gasteiger partial charge >= 0.3 is 14.2 Å². The van der Waals surface area contributed by atoms with E-state index < -0.39 is 19.9 Å². The lowest BCUT2D eigenvalue weighted by Gasteiger charge is -2.36. The minimum absolute atomic E-state index is 0.134. The molecular formula is C30H34BrN3O5P+. The Morgan fingerprint density at radius 2 is 1.32 bits per heavy atom. The Kier molecular flexibility index (Phi) is 12.2. The van der Waals surface area contributed by atoms with Gasteiger partial charge in [0.2, 0.25) is 0 Å². The molecule has 1 atom stereocenters. The average Bonchev–Trinajstić information content (AvgIpc) is 3.47. The summed E-state index contributed by atoms with van der Waals surface area (Å²) in [6.07, 6.45) is 3.94. The largest absolute Gasteiger partial charge is 0.692 e. The van der Waals surface area contributed by atoms with Gasteiger partial charge in [-0.3, -0.25) is 4.79 Å². The van der Waals surface area contributed by atoms with E-state index >= 15 is 0 Å². The summed E-state index contributed by atoms with van der Waals surface area (Å²) in [6.45, 7) is 4.32. The molecule has 0 amide bonds. The van der Waals surface area contributed by atoms with Crippen LogP contribution in [0.25, 0.3) is 0 Å². The van der Waals surface area contributed by atoms with Gasteiger partial charge in [-0.25, -0.2) is 9.67 Å². The van der Waals surface area contributed by atoms with Crippen molar-refractivity contribution in [3.8, 4) is 0 Å². The first-order valence-electron chi connectivity index (χ1n) is 13.1. The van der Waals surface area contributed by atoms with Crippen molar-refractivity contribution in [3.63, 3.8) is 0 Å². The summed E-state index contributed by atoms with van der Waals surface area (Å²) < 4.78 is 16.5. The monoisotopic (exact) mass is 626 g/mol. The number of carbonyl (C=O) groups is 1. The van der Waals surface area contributed by atoms with Gasteiger partial charge in [0.1, 0.15) is 17.2 Å². The highest BCUT2D eigenvalue weighted by Gasteiger charge is 2.40. The second kappa shape index (κ2) is 15.5. The Morgan fingerprint density at radius 1 is 0.900 bits per heavy atom. The lowest BCUT2D eigenvalue weighted by Crippen LogP contribution is -2.38. The van der Waals surface area contributed by atoms with Crippen molar-refractivity contribution >= 4 is 30.2 Å². The molecule has 210 valence electrons. The fourth-order valence-corrected chi connectivity index (χ4v) is 4.97. The maximum absolute atomic E-state index is 12.3. The van der Waals surface area contributed by atoms with Crippen molar-refractivity contribution in [1.82, 2.24) is 14.8 Å². The van der Waals surface area contributed by atoms with Gasteiger partial charge in [-0.2, -0.15) is 5.10 Å². The number of ether oxygens (including phenoxy) is 1. The van der Waals surface area contributed by atoms with E-state index in [1.54, 1.807) is 6.33 Å². The molecule has 1 aromatic heterocycles. The summed E-state index contributed by atoms with van der Waals surface area (Å²) in [4.78, 5) is 31.3. The van der Waals surface area contributed by atoms with E-state index in [0.29, 0.717) is 18.2 Å². The SMILES string of the molecule is CCC(CC)CC(OC(=O)CBr)c1ncn(C(c2ccccc2)(c2ccccc2)c2ccccc2)n1.O=[P+](O)O. The Hall–Kier alpha value is -3.23. The highest BCUT2D eigenvalue weighted by Crippen LogP contribution is 2.40. The van der Waals surface area contributed by atoms with Crippen molar-refractivity contribution in [1.29, 1.82) is 0 Å². The molecule has 8 nitrogen and oxygen atoms in total. The van der Waals surface area contributed by atoms with Gasteiger partial charge in [-0.05, 0) is 29.0 Å². The van der Waals surface area contributed by atoms with Crippen LogP contribution in [0.1, 0.15) is 61.7 Å². The van der Waals surface area contributed by atoms with E-state index in [2.05, 4.69) is 66.2 Å². The molecule has 0 aliphatic carbocycles. The van der Waals surface area contributed by atoms with E-state index in [0.717, 1.165) is 29.5 Å². The number of alkyl halides is 1. The Labute approximate surface area is 244 Å². The number of nitrogens with zero attached hydrogens (tertiary/aromatic N) is 3. The van der Waals surface area contributed by atoms with Crippen LogP contribution in [0.4, 0.5) is 0 Å². The maximum Gasteiger partial charge on any atom is 0.692 e. The molecule has 0 bridgehead atoms. The standard InChI is InChI=1S/C30H32BrN3O2.HO3P/c1-3-23(4-2)20-27(36-28(35)21-31)29-32-22-34(33-29)30(24-14-8-5-9-15-24,25-16-10-6-11-17-25)26-18-12-7-13-19-26;1-4(2)3/h5-19,22-23,27H,3-4,20-21H2,1-2H3;(H-,1,2,3)/p+1. The number of halogens is 1. The molecule has 4 aromatic rings. The third-order valence-corrected chi connectivity index (χ3v) is 7.26. The number of rotatable bonds is 11. The molecule has 10 heteroatoms. The van der Waals surface area contributed by atoms with E-state index in [1.807, 2.05) is 59.3 Å². The third kappa shape index (κ3) is 7.70. The van der Waals surface area contributed by atoms with Gasteiger partial charge in [0.05, 0.1) is 0 Å². The predicted molar refractivity (Wildman–Crippen MR) is 158 cm³/mol. The van der Waals surface area contributed by atoms with Crippen molar-refractivity contribution < 1.29 is 23.9 Å². The van der Waals surface area contributed by atoms with E-state index in [-0.39, 0.29) is 11.3 Å². The van der Waals surface area contributed by atoms with Gasteiger partial charge in [0.15, 0.2) is 11.9 Å². The summed E-state index contributed by atoms with van der Waals surface area (Å²) in [6, 6.07) is 31.0. The summed E-state index contributed by atoms with van der Waals surface area (Å²) in [5, 5.41) is 5.17. The fourth-order valence-electron chi connectivity index (χ4n) is 4.84. The van der Waals surface area contributed by atoms with Crippen LogP contribution < -0.4 is 0 Å². The number of hydrogen-bond donors (Lipinski definition) is 2. The van der Waals surface area contributed by atoms with Crippen LogP contribution in [0.3, 0.4) is 0 Å². The van der Waals surface area contributed by atoms with Crippen LogP contribution in [0.5, 0.6) is 0 Å². The molecule has 4 rings (SSSR count). The van der Waals surface area contributed by atoms with Crippen LogP contribution in [-0.2, 0) is 19.6 Å². The van der Waals surface area contributed by atoms with E-state index in [4.69, 9.17) is 29.2 Å². The van der Waals surface area contributed by atoms with Crippen LogP contribution >= 0.6 is 24.2 Å². The van der Waals surface area contributed by atoms with Crippen molar-refractivity contribution in [2.45, 2.75) is 44.8 Å². The molecule has 0 saturated carbocycles. The summed E-state index contributed by atoms with van der Waals surface area (Å²) in [7, 11) is -2.87. The van der Waals surface area contributed by atoms with Gasteiger partial charge in [-0.1, -0.05) is 134 Å². The number of hydrogen-bond acceptors (Lipinski definition) is 5. The zero-order chi connectivity index (χ0) is 29.0. The van der Waals surface area contributed by atoms with Crippen molar-refractivity contribution in [2.75, 3.05) is 5.33 Å². The highest BCUT2D eigenvalue weighted by atomic mass is 79.9. The van der Waals surface area contributed by atoms with E-state index in [1.165, 1.54) is 0 Å².